The second-order valence-corrected chi connectivity index (χ2v) is 9.10. The van der Waals surface area contributed by atoms with Crippen molar-refractivity contribution in [1.82, 2.24) is 24.7 Å². The quantitative estimate of drug-likeness (QED) is 0.630. The van der Waals surface area contributed by atoms with E-state index >= 15 is 0 Å². The lowest BCUT2D eigenvalue weighted by Crippen LogP contribution is -2.51. The molecule has 174 valence electrons. The van der Waals surface area contributed by atoms with E-state index in [1.165, 1.54) is 5.56 Å². The number of methoxy groups -OCH3 is 1. The highest BCUT2D eigenvalue weighted by Gasteiger charge is 2.30. The number of hydrogen-bond donors (Lipinski definition) is 1. The van der Waals surface area contributed by atoms with Crippen LogP contribution >= 0.6 is 0 Å². The van der Waals surface area contributed by atoms with Gasteiger partial charge < -0.3 is 19.5 Å². The number of nitrogens with one attached hydrogen (secondary N) is 1. The fraction of sp³-hybridized carbons (Fsp3) is 0.462. The van der Waals surface area contributed by atoms with Crippen LogP contribution in [0, 0.1) is 5.92 Å². The topological polar surface area (TPSA) is 62.6 Å². The highest BCUT2D eigenvalue weighted by atomic mass is 16.5. The Morgan fingerprint density at radius 1 is 1.06 bits per heavy atom. The molecule has 0 aliphatic carbocycles. The number of ether oxygens (including phenoxy) is 1. The van der Waals surface area contributed by atoms with E-state index in [9.17, 15) is 4.79 Å². The summed E-state index contributed by atoms with van der Waals surface area (Å²) in [5, 5.41) is 3.34. The molecule has 33 heavy (non-hydrogen) atoms. The van der Waals surface area contributed by atoms with Crippen molar-refractivity contribution in [3.63, 3.8) is 0 Å². The maximum absolute atomic E-state index is 13.1. The van der Waals surface area contributed by atoms with Crippen LogP contribution in [0.3, 0.4) is 0 Å². The summed E-state index contributed by atoms with van der Waals surface area (Å²) < 4.78 is 7.63. The minimum Gasteiger partial charge on any atom is -0.497 e. The summed E-state index contributed by atoms with van der Waals surface area (Å²) in [6, 6.07) is 16.6. The maximum atomic E-state index is 13.1. The van der Waals surface area contributed by atoms with E-state index in [-0.39, 0.29) is 5.92 Å². The number of amides is 1. The first-order valence-corrected chi connectivity index (χ1v) is 12.0. The molecular formula is C26H33N5O2. The van der Waals surface area contributed by atoms with Crippen LogP contribution in [0.25, 0.3) is 11.0 Å². The van der Waals surface area contributed by atoms with Crippen molar-refractivity contribution in [2.45, 2.75) is 25.9 Å². The van der Waals surface area contributed by atoms with Crippen molar-refractivity contribution in [2.24, 2.45) is 5.92 Å². The normalized spacial score (nSPS) is 19.7. The van der Waals surface area contributed by atoms with E-state index < -0.39 is 0 Å². The molecule has 2 aromatic carbocycles. The zero-order valence-corrected chi connectivity index (χ0v) is 19.4. The Morgan fingerprint density at radius 2 is 1.85 bits per heavy atom. The SMILES string of the molecule is COc1ccc(Cn2c(CN3CCC[C@@H](C(=O)N4CCNCC4)C3)nc3ccccc32)cc1. The van der Waals surface area contributed by atoms with Gasteiger partial charge in [0, 0.05) is 39.3 Å². The molecule has 0 saturated carbocycles. The number of nitrogens with zero attached hydrogens (tertiary/aromatic N) is 4. The number of hydrogen-bond acceptors (Lipinski definition) is 5. The summed E-state index contributed by atoms with van der Waals surface area (Å²) in [7, 11) is 1.69. The summed E-state index contributed by atoms with van der Waals surface area (Å²) >= 11 is 0. The molecule has 2 aliphatic heterocycles. The van der Waals surface area contributed by atoms with Gasteiger partial charge in [-0.05, 0) is 49.2 Å². The molecule has 2 saturated heterocycles. The zero-order valence-electron chi connectivity index (χ0n) is 19.4. The smallest absolute Gasteiger partial charge is 0.227 e. The van der Waals surface area contributed by atoms with E-state index in [1.807, 2.05) is 23.1 Å². The highest BCUT2D eigenvalue weighted by molar-refractivity contribution is 5.79. The van der Waals surface area contributed by atoms with Gasteiger partial charge in [0.2, 0.25) is 5.91 Å². The van der Waals surface area contributed by atoms with Gasteiger partial charge in [0.25, 0.3) is 0 Å². The molecule has 7 nitrogen and oxygen atoms in total. The van der Waals surface area contributed by atoms with Crippen molar-refractivity contribution in [3.05, 3.63) is 59.9 Å². The summed E-state index contributed by atoms with van der Waals surface area (Å²) in [5.74, 6) is 2.34. The van der Waals surface area contributed by atoms with E-state index in [0.29, 0.717) is 5.91 Å². The van der Waals surface area contributed by atoms with E-state index in [2.05, 4.69) is 45.1 Å². The van der Waals surface area contributed by atoms with Gasteiger partial charge in [-0.25, -0.2) is 4.98 Å². The predicted octanol–water partition coefficient (Wildman–Crippen LogP) is 2.74. The van der Waals surface area contributed by atoms with Crippen molar-refractivity contribution < 1.29 is 9.53 Å². The second kappa shape index (κ2) is 9.93. The lowest BCUT2D eigenvalue weighted by molar-refractivity contribution is -0.138. The number of imidazole rings is 1. The number of benzene rings is 2. The number of para-hydroxylation sites is 2. The van der Waals surface area contributed by atoms with Crippen molar-refractivity contribution in [2.75, 3.05) is 46.4 Å². The summed E-state index contributed by atoms with van der Waals surface area (Å²) in [5.41, 5.74) is 3.38. The number of rotatable bonds is 6. The fourth-order valence-corrected chi connectivity index (χ4v) is 5.08. The molecular weight excluding hydrogens is 414 g/mol. The van der Waals surface area contributed by atoms with Gasteiger partial charge in [-0.2, -0.15) is 0 Å². The Hall–Kier alpha value is -2.90. The molecule has 5 rings (SSSR count). The monoisotopic (exact) mass is 447 g/mol. The average molecular weight is 448 g/mol. The Labute approximate surface area is 195 Å². The Bertz CT molecular complexity index is 1090. The van der Waals surface area contributed by atoms with Crippen LogP contribution in [0.4, 0.5) is 0 Å². The lowest BCUT2D eigenvalue weighted by Gasteiger charge is -2.36. The molecule has 0 unspecified atom stereocenters. The van der Waals surface area contributed by atoms with Gasteiger partial charge in [0.05, 0.1) is 30.6 Å². The fourth-order valence-electron chi connectivity index (χ4n) is 5.08. The molecule has 2 fully saturated rings. The van der Waals surface area contributed by atoms with Crippen molar-refractivity contribution in [1.29, 1.82) is 0 Å². The Kier molecular flexibility index (Phi) is 6.60. The van der Waals surface area contributed by atoms with Gasteiger partial charge in [0.1, 0.15) is 11.6 Å². The molecule has 7 heteroatoms. The van der Waals surface area contributed by atoms with Crippen LogP contribution in [0.5, 0.6) is 5.75 Å². The van der Waals surface area contributed by atoms with Crippen LogP contribution in [0.15, 0.2) is 48.5 Å². The number of carbonyl (C=O) groups is 1. The summed E-state index contributed by atoms with van der Waals surface area (Å²) in [6.07, 6.45) is 2.04. The van der Waals surface area contributed by atoms with Crippen LogP contribution in [0.2, 0.25) is 0 Å². The third-order valence-electron chi connectivity index (χ3n) is 6.88. The zero-order chi connectivity index (χ0) is 22.6. The molecule has 0 radical (unpaired) electrons. The summed E-state index contributed by atoms with van der Waals surface area (Å²) in [4.78, 5) is 22.5. The molecule has 0 spiro atoms. The molecule has 1 amide bonds. The van der Waals surface area contributed by atoms with Crippen LogP contribution in [-0.2, 0) is 17.9 Å². The second-order valence-electron chi connectivity index (χ2n) is 9.10. The van der Waals surface area contributed by atoms with Gasteiger partial charge in [-0.15, -0.1) is 0 Å². The predicted molar refractivity (Wildman–Crippen MR) is 129 cm³/mol. The maximum Gasteiger partial charge on any atom is 0.227 e. The minimum absolute atomic E-state index is 0.0938. The number of piperazine rings is 1. The molecule has 1 N–H and O–H groups in total. The minimum atomic E-state index is 0.0938. The van der Waals surface area contributed by atoms with Gasteiger partial charge in [0.15, 0.2) is 0 Å². The third kappa shape index (κ3) is 4.89. The standard InChI is InChI=1S/C26H33N5O2/c1-33-22-10-8-20(9-11-22)17-31-24-7-3-2-6-23(24)28-25(31)19-29-14-4-5-21(18-29)26(32)30-15-12-27-13-16-30/h2-3,6-11,21,27H,4-5,12-19H2,1H3/t21-/m1/s1. The van der Waals surface area contributed by atoms with Crippen LogP contribution < -0.4 is 10.1 Å². The van der Waals surface area contributed by atoms with Gasteiger partial charge in [-0.1, -0.05) is 24.3 Å². The molecule has 2 aliphatic rings. The molecule has 3 heterocycles. The van der Waals surface area contributed by atoms with Gasteiger partial charge >= 0.3 is 0 Å². The van der Waals surface area contributed by atoms with E-state index in [4.69, 9.17) is 9.72 Å². The first-order valence-electron chi connectivity index (χ1n) is 12.0. The number of aromatic nitrogens is 2. The van der Waals surface area contributed by atoms with E-state index in [1.54, 1.807) is 7.11 Å². The highest BCUT2D eigenvalue weighted by Crippen LogP contribution is 2.24. The summed E-state index contributed by atoms with van der Waals surface area (Å²) in [6.45, 7) is 6.80. The lowest BCUT2D eigenvalue weighted by atomic mass is 9.96. The first-order chi connectivity index (χ1) is 16.2. The third-order valence-corrected chi connectivity index (χ3v) is 6.88. The Balaban J connectivity index is 1.34. The molecule has 0 bridgehead atoms. The molecule has 3 aromatic rings. The van der Waals surface area contributed by atoms with Gasteiger partial charge in [-0.3, -0.25) is 9.69 Å². The molecule has 1 atom stereocenters. The number of fused-ring (bicyclic) bond motifs is 1. The average Bonchev–Trinajstić information content (AvgIpc) is 3.21. The van der Waals surface area contributed by atoms with E-state index in [0.717, 1.165) is 87.8 Å². The Morgan fingerprint density at radius 3 is 2.64 bits per heavy atom. The van der Waals surface area contributed by atoms with Crippen LogP contribution in [0.1, 0.15) is 24.2 Å². The number of carbonyl (C=O) groups excluding carboxylic acids is 1. The van der Waals surface area contributed by atoms with Crippen molar-refractivity contribution in [3.8, 4) is 5.75 Å². The van der Waals surface area contributed by atoms with Crippen LogP contribution in [-0.4, -0.2) is 71.6 Å². The molecule has 1 aromatic heterocycles. The largest absolute Gasteiger partial charge is 0.497 e. The number of likely N-dealkylation sites (tertiary alicyclic amines) is 1. The number of piperidine rings is 1. The first kappa shape index (κ1) is 21.9. The van der Waals surface area contributed by atoms with Crippen molar-refractivity contribution >= 4 is 16.9 Å².